The zero-order valence-electron chi connectivity index (χ0n) is 20.3. The van der Waals surface area contributed by atoms with Gasteiger partial charge in [0.05, 0.1) is 25.8 Å². The molecule has 0 aromatic heterocycles. The predicted molar refractivity (Wildman–Crippen MR) is 125 cm³/mol. The van der Waals surface area contributed by atoms with Crippen molar-refractivity contribution < 1.29 is 38.9 Å². The smallest absolute Gasteiger partial charge is 0.328 e. The number of carbonyl (C=O) groups excluding carboxylic acids is 3. The van der Waals surface area contributed by atoms with E-state index in [0.29, 0.717) is 37.0 Å². The Morgan fingerprint density at radius 3 is 2.50 bits per heavy atom. The van der Waals surface area contributed by atoms with E-state index in [1.165, 1.54) is 14.0 Å². The summed E-state index contributed by atoms with van der Waals surface area (Å²) in [6, 6.07) is 5.46. The molecule has 0 saturated carbocycles. The highest BCUT2D eigenvalue weighted by molar-refractivity contribution is 6.02. The van der Waals surface area contributed by atoms with Crippen LogP contribution in [0, 0.1) is 10.1 Å². The van der Waals surface area contributed by atoms with Gasteiger partial charge in [0.15, 0.2) is 6.04 Å². The topological polar surface area (TPSA) is 169 Å². The summed E-state index contributed by atoms with van der Waals surface area (Å²) < 4.78 is 5.35. The van der Waals surface area contributed by atoms with Crippen molar-refractivity contribution in [3.05, 3.63) is 46.0 Å². The quantitative estimate of drug-likeness (QED) is 0.152. The van der Waals surface area contributed by atoms with Crippen molar-refractivity contribution in [2.45, 2.75) is 57.2 Å². The highest BCUT2D eigenvalue weighted by atomic mass is 16.9. The van der Waals surface area contributed by atoms with Crippen LogP contribution in [-0.2, 0) is 30.4 Å². The number of nitrogens with one attached hydrogen (secondary N) is 1. The van der Waals surface area contributed by atoms with Crippen molar-refractivity contribution >= 4 is 23.9 Å². The van der Waals surface area contributed by atoms with Gasteiger partial charge in [-0.3, -0.25) is 14.9 Å². The van der Waals surface area contributed by atoms with E-state index in [1.807, 2.05) is 30.3 Å². The van der Waals surface area contributed by atoms with Gasteiger partial charge in [-0.15, -0.1) is 10.1 Å². The van der Waals surface area contributed by atoms with E-state index in [1.54, 1.807) is 0 Å². The Balaban J connectivity index is 1.99. The number of esters is 1. The van der Waals surface area contributed by atoms with E-state index >= 15 is 0 Å². The summed E-state index contributed by atoms with van der Waals surface area (Å²) in [6.07, 6.45) is 2.27. The minimum Gasteiger partial charge on any atom is -0.480 e. The molecule has 0 radical (unpaired) electrons. The van der Waals surface area contributed by atoms with Gasteiger partial charge >= 0.3 is 18.0 Å². The second-order valence-corrected chi connectivity index (χ2v) is 8.48. The molecule has 2 rings (SSSR count). The molecule has 1 aromatic carbocycles. The third-order valence-corrected chi connectivity index (χ3v) is 5.71. The van der Waals surface area contributed by atoms with Crippen LogP contribution in [0.2, 0.25) is 0 Å². The molecule has 3 amide bonds. The Hall–Kier alpha value is -3.74. The van der Waals surface area contributed by atoms with Crippen molar-refractivity contribution in [1.82, 2.24) is 15.1 Å². The molecule has 36 heavy (non-hydrogen) atoms. The number of carboxylic acids is 1. The van der Waals surface area contributed by atoms with Gasteiger partial charge in [0, 0.05) is 7.05 Å². The predicted octanol–water partition coefficient (Wildman–Crippen LogP) is 1.23. The van der Waals surface area contributed by atoms with Gasteiger partial charge in [-0.25, -0.2) is 14.5 Å². The molecule has 13 heteroatoms. The molecule has 13 nitrogen and oxygen atoms in total. The van der Waals surface area contributed by atoms with Crippen LogP contribution in [0.5, 0.6) is 0 Å². The molecular weight excluding hydrogens is 476 g/mol. The number of rotatable bonds is 15. The lowest BCUT2D eigenvalue weighted by atomic mass is 10.0. The summed E-state index contributed by atoms with van der Waals surface area (Å²) >= 11 is 0. The zero-order valence-corrected chi connectivity index (χ0v) is 20.3. The highest BCUT2D eigenvalue weighted by Gasteiger charge is 2.45. The number of aryl methyl sites for hydroxylation is 1. The molecule has 1 aromatic rings. The monoisotopic (exact) mass is 508 g/mol. The summed E-state index contributed by atoms with van der Waals surface area (Å²) in [7, 11) is 1.41. The molecule has 1 fully saturated rings. The zero-order chi connectivity index (χ0) is 26.7. The Morgan fingerprint density at radius 2 is 1.86 bits per heavy atom. The van der Waals surface area contributed by atoms with Crippen molar-refractivity contribution in [3.8, 4) is 0 Å². The molecule has 1 aliphatic heterocycles. The average molecular weight is 509 g/mol. The molecule has 1 aliphatic rings. The van der Waals surface area contributed by atoms with Crippen molar-refractivity contribution in [1.29, 1.82) is 0 Å². The fourth-order valence-electron chi connectivity index (χ4n) is 3.77. The summed E-state index contributed by atoms with van der Waals surface area (Å²) in [5.41, 5.74) is 0.976. The summed E-state index contributed by atoms with van der Waals surface area (Å²) in [5, 5.41) is 21.6. The number of carboxylic acid groups (broad SMARTS) is 1. The third-order valence-electron chi connectivity index (χ3n) is 5.71. The first-order chi connectivity index (χ1) is 17.1. The van der Waals surface area contributed by atoms with E-state index in [-0.39, 0.29) is 19.8 Å². The lowest BCUT2D eigenvalue weighted by molar-refractivity contribution is -0.757. The number of ether oxygens (including phenoxy) is 1. The first-order valence-electron chi connectivity index (χ1n) is 11.7. The van der Waals surface area contributed by atoms with Gasteiger partial charge < -0.3 is 19.6 Å². The van der Waals surface area contributed by atoms with E-state index in [4.69, 9.17) is 4.74 Å². The summed E-state index contributed by atoms with van der Waals surface area (Å²) in [4.78, 5) is 66.0. The molecule has 1 heterocycles. The van der Waals surface area contributed by atoms with Crippen LogP contribution >= 0.6 is 0 Å². The molecule has 0 aliphatic carbocycles. The van der Waals surface area contributed by atoms with Crippen LogP contribution in [0.4, 0.5) is 4.79 Å². The number of nitrogens with zero attached hydrogens (tertiary/aromatic N) is 3. The third kappa shape index (κ3) is 8.48. The van der Waals surface area contributed by atoms with Gasteiger partial charge in [0.25, 0.3) is 5.09 Å². The van der Waals surface area contributed by atoms with Crippen molar-refractivity contribution in [2.24, 2.45) is 0 Å². The first kappa shape index (κ1) is 28.5. The number of amides is 3. The van der Waals surface area contributed by atoms with Gasteiger partial charge in [-0.05, 0) is 44.6 Å². The maximum atomic E-state index is 13.0. The van der Waals surface area contributed by atoms with E-state index in [9.17, 15) is 34.4 Å². The molecule has 1 saturated heterocycles. The lowest BCUT2D eigenvalue weighted by Crippen LogP contribution is -2.54. The SMILES string of the molecule is CC(NC(CCc1ccccc1)C(=O)OCCCCCO[N+](=O)[O-])C(=O)N1C(=O)N(C)CC1C(=O)O. The van der Waals surface area contributed by atoms with Gasteiger partial charge in [-0.2, -0.15) is 0 Å². The molecular formula is C23H32N4O9. The molecule has 3 unspecified atom stereocenters. The fraction of sp³-hybridized carbons (Fsp3) is 0.565. The molecule has 0 bridgehead atoms. The van der Waals surface area contributed by atoms with Crippen molar-refractivity contribution in [2.75, 3.05) is 26.8 Å². The number of hydrogen-bond donors (Lipinski definition) is 2. The summed E-state index contributed by atoms with van der Waals surface area (Å²) in [5.74, 6) is -2.64. The van der Waals surface area contributed by atoms with Crippen LogP contribution in [0.15, 0.2) is 30.3 Å². The second kappa shape index (κ2) is 14.0. The highest BCUT2D eigenvalue weighted by Crippen LogP contribution is 2.17. The Labute approximate surface area is 208 Å². The average Bonchev–Trinajstić information content (AvgIpc) is 3.15. The minimum absolute atomic E-state index is 0.0381. The molecule has 3 atom stereocenters. The number of imide groups is 1. The maximum absolute atomic E-state index is 13.0. The minimum atomic E-state index is -1.31. The Kier molecular flexibility index (Phi) is 11.1. The van der Waals surface area contributed by atoms with Crippen molar-refractivity contribution in [3.63, 3.8) is 0 Å². The molecule has 2 N–H and O–H groups in total. The number of carbonyl (C=O) groups is 4. The van der Waals surface area contributed by atoms with E-state index in [0.717, 1.165) is 10.5 Å². The standard InChI is InChI=1S/C23H32N4O9/c1-16(20(28)26-19(21(29)30)15-25(2)23(26)32)24-18(12-11-17-9-5-3-6-10-17)22(31)35-13-7-4-8-14-36-27(33)34/h3,5-6,9-10,16,18-19,24H,4,7-8,11-15H2,1-2H3,(H,29,30). The summed E-state index contributed by atoms with van der Waals surface area (Å²) in [6.45, 7) is 1.38. The lowest BCUT2D eigenvalue weighted by Gasteiger charge is -2.26. The van der Waals surface area contributed by atoms with Crippen LogP contribution in [0.25, 0.3) is 0 Å². The van der Waals surface area contributed by atoms with Gasteiger partial charge in [-0.1, -0.05) is 30.3 Å². The van der Waals surface area contributed by atoms with E-state index in [2.05, 4.69) is 10.2 Å². The molecule has 198 valence electrons. The number of aliphatic carboxylic acids is 1. The van der Waals surface area contributed by atoms with Gasteiger partial charge in [0.1, 0.15) is 6.04 Å². The number of likely N-dealkylation sites (N-methyl/N-ethyl adjacent to an activating group) is 1. The fourth-order valence-corrected chi connectivity index (χ4v) is 3.77. The van der Waals surface area contributed by atoms with Crippen LogP contribution < -0.4 is 5.32 Å². The largest absolute Gasteiger partial charge is 0.480 e. The van der Waals surface area contributed by atoms with Crippen LogP contribution in [-0.4, -0.2) is 88.8 Å². The Bertz CT molecular complexity index is 927. The number of unbranched alkanes of at least 4 members (excludes halogenated alkanes) is 2. The number of urea groups is 1. The normalized spacial score (nSPS) is 16.9. The number of benzene rings is 1. The maximum Gasteiger partial charge on any atom is 0.328 e. The van der Waals surface area contributed by atoms with Crippen LogP contribution in [0.1, 0.15) is 38.2 Å². The molecule has 0 spiro atoms. The van der Waals surface area contributed by atoms with E-state index < -0.39 is 47.1 Å². The first-order valence-corrected chi connectivity index (χ1v) is 11.7. The van der Waals surface area contributed by atoms with Crippen LogP contribution in [0.3, 0.4) is 0 Å². The number of hydrogen-bond acceptors (Lipinski definition) is 9. The Morgan fingerprint density at radius 1 is 1.19 bits per heavy atom. The van der Waals surface area contributed by atoms with Gasteiger partial charge in [0.2, 0.25) is 5.91 Å². The second-order valence-electron chi connectivity index (χ2n) is 8.48.